The lowest BCUT2D eigenvalue weighted by atomic mass is 10.1. The van der Waals surface area contributed by atoms with Gasteiger partial charge >= 0.3 is 0 Å². The SMILES string of the molecule is Cc1cnc(C(=O)N2CCC[C@H]2c2ccnc3c(C(=O)N(C)C)cnn23)cn1. The highest BCUT2D eigenvalue weighted by atomic mass is 16.2. The molecule has 0 aliphatic carbocycles. The second-order valence-electron chi connectivity index (χ2n) is 7.06. The van der Waals surface area contributed by atoms with E-state index in [0.29, 0.717) is 23.4 Å². The number of fused-ring (bicyclic) bond motifs is 1. The number of amides is 2. The van der Waals surface area contributed by atoms with Crippen molar-refractivity contribution >= 4 is 17.5 Å². The molecule has 0 N–H and O–H groups in total. The number of hydrogen-bond acceptors (Lipinski definition) is 6. The highest BCUT2D eigenvalue weighted by molar-refractivity contribution is 5.99. The van der Waals surface area contributed by atoms with Crippen molar-refractivity contribution in [2.24, 2.45) is 0 Å². The third-order valence-corrected chi connectivity index (χ3v) is 4.92. The van der Waals surface area contributed by atoms with Crippen molar-refractivity contribution in [3.05, 3.63) is 53.5 Å². The normalized spacial score (nSPS) is 16.5. The fourth-order valence-electron chi connectivity index (χ4n) is 3.52. The van der Waals surface area contributed by atoms with Crippen LogP contribution in [0.15, 0.2) is 30.9 Å². The van der Waals surface area contributed by atoms with E-state index < -0.39 is 0 Å². The third kappa shape index (κ3) is 2.98. The van der Waals surface area contributed by atoms with E-state index >= 15 is 0 Å². The highest BCUT2D eigenvalue weighted by Crippen LogP contribution is 2.33. The van der Waals surface area contributed by atoms with Gasteiger partial charge in [-0.25, -0.2) is 14.5 Å². The molecule has 4 heterocycles. The molecule has 9 heteroatoms. The van der Waals surface area contributed by atoms with E-state index in [1.165, 1.54) is 17.3 Å². The van der Waals surface area contributed by atoms with Crippen LogP contribution in [0.4, 0.5) is 0 Å². The van der Waals surface area contributed by atoms with Gasteiger partial charge in [0.15, 0.2) is 5.65 Å². The predicted molar refractivity (Wildman–Crippen MR) is 101 cm³/mol. The number of nitrogens with zero attached hydrogens (tertiary/aromatic N) is 7. The van der Waals surface area contributed by atoms with Crippen LogP contribution in [0.25, 0.3) is 5.65 Å². The van der Waals surface area contributed by atoms with Crippen molar-refractivity contribution in [2.75, 3.05) is 20.6 Å². The van der Waals surface area contributed by atoms with Crippen molar-refractivity contribution in [3.8, 4) is 0 Å². The first-order chi connectivity index (χ1) is 13.5. The largest absolute Gasteiger partial charge is 0.345 e. The summed E-state index contributed by atoms with van der Waals surface area (Å²) in [6, 6.07) is 1.68. The molecule has 1 aliphatic heterocycles. The van der Waals surface area contributed by atoms with E-state index in [2.05, 4.69) is 20.1 Å². The number of carbonyl (C=O) groups excluding carboxylic acids is 2. The average Bonchev–Trinajstić information content (AvgIpc) is 3.34. The zero-order valence-electron chi connectivity index (χ0n) is 16.0. The second kappa shape index (κ2) is 6.99. The molecule has 1 fully saturated rings. The summed E-state index contributed by atoms with van der Waals surface area (Å²) in [6.07, 6.45) is 7.98. The highest BCUT2D eigenvalue weighted by Gasteiger charge is 2.33. The predicted octanol–water partition coefficient (Wildman–Crippen LogP) is 1.51. The summed E-state index contributed by atoms with van der Waals surface area (Å²) in [5.74, 6) is -0.314. The zero-order valence-corrected chi connectivity index (χ0v) is 16.0. The molecule has 0 unspecified atom stereocenters. The summed E-state index contributed by atoms with van der Waals surface area (Å²) in [5, 5.41) is 4.39. The van der Waals surface area contributed by atoms with Crippen molar-refractivity contribution < 1.29 is 9.59 Å². The lowest BCUT2D eigenvalue weighted by molar-refractivity contribution is 0.0724. The minimum absolute atomic E-state index is 0.156. The number of likely N-dealkylation sites (tertiary alicyclic amines) is 1. The Morgan fingerprint density at radius 3 is 2.68 bits per heavy atom. The first kappa shape index (κ1) is 18.0. The Bertz CT molecular complexity index is 1040. The Hall–Kier alpha value is -3.36. The van der Waals surface area contributed by atoms with E-state index in [1.54, 1.807) is 35.9 Å². The summed E-state index contributed by atoms with van der Waals surface area (Å²) in [7, 11) is 3.38. The standard InChI is InChI=1S/C19H21N7O2/c1-12-9-22-14(11-21-12)19(28)25-8-4-5-15(25)16-6-7-20-17-13(10-23-26(16)17)18(27)24(2)3/h6-7,9-11,15H,4-5,8H2,1-3H3/t15-/m0/s1. The second-order valence-corrected chi connectivity index (χ2v) is 7.06. The van der Waals surface area contributed by atoms with Crippen LogP contribution in [0, 0.1) is 6.92 Å². The van der Waals surface area contributed by atoms with E-state index in [-0.39, 0.29) is 17.9 Å². The number of aromatic nitrogens is 5. The Labute approximate surface area is 162 Å². The zero-order chi connectivity index (χ0) is 19.8. The minimum Gasteiger partial charge on any atom is -0.345 e. The fraction of sp³-hybridized carbons (Fsp3) is 0.368. The Kier molecular flexibility index (Phi) is 4.50. The van der Waals surface area contributed by atoms with Gasteiger partial charge in [-0.05, 0) is 25.8 Å². The van der Waals surface area contributed by atoms with E-state index in [4.69, 9.17) is 0 Å². The van der Waals surface area contributed by atoms with Gasteiger partial charge in [0.2, 0.25) is 0 Å². The Morgan fingerprint density at radius 2 is 1.96 bits per heavy atom. The number of rotatable bonds is 3. The molecule has 144 valence electrons. The topological polar surface area (TPSA) is 96.6 Å². The maximum Gasteiger partial charge on any atom is 0.274 e. The number of aryl methyl sites for hydroxylation is 1. The van der Waals surface area contributed by atoms with Gasteiger partial charge in [-0.3, -0.25) is 14.6 Å². The van der Waals surface area contributed by atoms with Gasteiger partial charge in [0.1, 0.15) is 11.3 Å². The molecule has 9 nitrogen and oxygen atoms in total. The number of carbonyl (C=O) groups is 2. The summed E-state index contributed by atoms with van der Waals surface area (Å²) in [5.41, 5.74) is 2.85. The van der Waals surface area contributed by atoms with Gasteiger partial charge in [0, 0.05) is 33.0 Å². The molecule has 0 bridgehead atoms. The molecule has 1 saturated heterocycles. The van der Waals surface area contributed by atoms with Gasteiger partial charge in [-0.2, -0.15) is 5.10 Å². The molecule has 0 aromatic carbocycles. The van der Waals surface area contributed by atoms with Crippen LogP contribution in [-0.4, -0.2) is 66.8 Å². The molecule has 28 heavy (non-hydrogen) atoms. The average molecular weight is 379 g/mol. The summed E-state index contributed by atoms with van der Waals surface area (Å²) >= 11 is 0. The third-order valence-electron chi connectivity index (χ3n) is 4.92. The molecule has 3 aromatic heterocycles. The molecule has 0 radical (unpaired) electrons. The molecule has 3 aromatic rings. The lowest BCUT2D eigenvalue weighted by Gasteiger charge is -2.24. The Balaban J connectivity index is 1.71. The molecule has 0 spiro atoms. The monoisotopic (exact) mass is 379 g/mol. The molecular weight excluding hydrogens is 358 g/mol. The molecule has 1 aliphatic rings. The van der Waals surface area contributed by atoms with Crippen LogP contribution in [0.2, 0.25) is 0 Å². The van der Waals surface area contributed by atoms with E-state index in [1.807, 2.05) is 13.0 Å². The van der Waals surface area contributed by atoms with E-state index in [9.17, 15) is 9.59 Å². The quantitative estimate of drug-likeness (QED) is 0.684. The van der Waals surface area contributed by atoms with Crippen molar-refractivity contribution in [1.82, 2.24) is 34.4 Å². The van der Waals surface area contributed by atoms with Gasteiger partial charge in [-0.15, -0.1) is 0 Å². The maximum atomic E-state index is 13.0. The summed E-state index contributed by atoms with van der Waals surface area (Å²) in [6.45, 7) is 2.46. The molecule has 4 rings (SSSR count). The van der Waals surface area contributed by atoms with Crippen LogP contribution < -0.4 is 0 Å². The van der Waals surface area contributed by atoms with Crippen LogP contribution in [0.3, 0.4) is 0 Å². The van der Waals surface area contributed by atoms with E-state index in [0.717, 1.165) is 24.2 Å². The molecule has 0 saturated carbocycles. The molecule has 2 amide bonds. The smallest absolute Gasteiger partial charge is 0.274 e. The first-order valence-corrected chi connectivity index (χ1v) is 9.11. The minimum atomic E-state index is -0.164. The van der Waals surface area contributed by atoms with Gasteiger partial charge in [-0.1, -0.05) is 0 Å². The van der Waals surface area contributed by atoms with Crippen LogP contribution in [-0.2, 0) is 0 Å². The van der Waals surface area contributed by atoms with Gasteiger partial charge in [0.25, 0.3) is 11.8 Å². The maximum absolute atomic E-state index is 13.0. The van der Waals surface area contributed by atoms with Crippen LogP contribution in [0.1, 0.15) is 51.1 Å². The van der Waals surface area contributed by atoms with Gasteiger partial charge < -0.3 is 9.80 Å². The Morgan fingerprint density at radius 1 is 1.14 bits per heavy atom. The lowest BCUT2D eigenvalue weighted by Crippen LogP contribution is -2.32. The van der Waals surface area contributed by atoms with Crippen molar-refractivity contribution in [1.29, 1.82) is 0 Å². The summed E-state index contributed by atoms with van der Waals surface area (Å²) in [4.78, 5) is 41.4. The van der Waals surface area contributed by atoms with Crippen LogP contribution >= 0.6 is 0 Å². The number of hydrogen-bond donors (Lipinski definition) is 0. The van der Waals surface area contributed by atoms with Crippen molar-refractivity contribution in [3.63, 3.8) is 0 Å². The molecular formula is C19H21N7O2. The van der Waals surface area contributed by atoms with Crippen LogP contribution in [0.5, 0.6) is 0 Å². The summed E-state index contributed by atoms with van der Waals surface area (Å²) < 4.78 is 1.66. The van der Waals surface area contributed by atoms with Crippen molar-refractivity contribution in [2.45, 2.75) is 25.8 Å². The first-order valence-electron chi connectivity index (χ1n) is 9.11. The van der Waals surface area contributed by atoms with Gasteiger partial charge in [0.05, 0.1) is 29.8 Å². The molecule has 1 atom stereocenters. The fourth-order valence-corrected chi connectivity index (χ4v) is 3.52.